The molecule has 1 amide bonds. The highest BCUT2D eigenvalue weighted by Gasteiger charge is 2.34. The topological polar surface area (TPSA) is 29.1 Å². The molecule has 0 saturated heterocycles. The van der Waals surface area contributed by atoms with E-state index in [2.05, 4.69) is 5.32 Å². The van der Waals surface area contributed by atoms with E-state index >= 15 is 0 Å². The first-order valence-corrected chi connectivity index (χ1v) is 8.20. The summed E-state index contributed by atoms with van der Waals surface area (Å²) >= 11 is 12.9. The van der Waals surface area contributed by atoms with E-state index in [-0.39, 0.29) is 20.6 Å². The van der Waals surface area contributed by atoms with Crippen molar-refractivity contribution in [3.05, 3.63) is 63.0 Å². The van der Waals surface area contributed by atoms with Gasteiger partial charge in [0.2, 0.25) is 0 Å². The van der Waals surface area contributed by atoms with Gasteiger partial charge in [-0.3, -0.25) is 4.79 Å². The maximum atomic E-state index is 13.1. The third kappa shape index (κ3) is 3.22. The van der Waals surface area contributed by atoms with Crippen LogP contribution in [0.25, 0.3) is 10.1 Å². The van der Waals surface area contributed by atoms with E-state index in [4.69, 9.17) is 23.2 Å². The first kappa shape index (κ1) is 17.1. The van der Waals surface area contributed by atoms with Crippen molar-refractivity contribution in [1.29, 1.82) is 0 Å². The monoisotopic (exact) mass is 389 g/mol. The van der Waals surface area contributed by atoms with Gasteiger partial charge in [0.15, 0.2) is 0 Å². The van der Waals surface area contributed by atoms with E-state index in [1.165, 1.54) is 6.07 Å². The van der Waals surface area contributed by atoms with Crippen molar-refractivity contribution in [2.75, 3.05) is 5.32 Å². The lowest BCUT2D eigenvalue weighted by Gasteiger charge is -2.13. The Hall–Kier alpha value is -1.76. The molecule has 0 spiro atoms. The predicted octanol–water partition coefficient (Wildman–Crippen LogP) is 6.48. The van der Waals surface area contributed by atoms with Crippen LogP contribution in [0.3, 0.4) is 0 Å². The molecule has 3 aromatic rings. The zero-order valence-corrected chi connectivity index (χ0v) is 14.1. The lowest BCUT2D eigenvalue weighted by molar-refractivity contribution is -0.136. The average molecular weight is 390 g/mol. The third-order valence-corrected chi connectivity index (χ3v) is 5.19. The van der Waals surface area contributed by atoms with Gasteiger partial charge in [-0.15, -0.1) is 11.3 Å². The molecule has 0 aliphatic heterocycles. The molecule has 0 atom stereocenters. The second kappa shape index (κ2) is 6.27. The number of carbonyl (C=O) groups is 1. The summed E-state index contributed by atoms with van der Waals surface area (Å²) in [6.45, 7) is 0. The minimum Gasteiger partial charge on any atom is -0.321 e. The van der Waals surface area contributed by atoms with E-state index in [0.717, 1.165) is 28.2 Å². The summed E-state index contributed by atoms with van der Waals surface area (Å²) in [5.41, 5.74) is -1.38. The normalized spacial score (nSPS) is 11.7. The van der Waals surface area contributed by atoms with Crippen LogP contribution >= 0.6 is 34.5 Å². The van der Waals surface area contributed by atoms with Gasteiger partial charge < -0.3 is 5.32 Å². The SMILES string of the molecule is O=C(Nc1ccc(Cl)cc1C(F)(F)F)c1sc2ccccc2c1Cl. The van der Waals surface area contributed by atoms with Crippen molar-refractivity contribution in [3.8, 4) is 0 Å². The number of thiophene rings is 1. The quantitative estimate of drug-likeness (QED) is 0.533. The van der Waals surface area contributed by atoms with Crippen LogP contribution in [0, 0.1) is 0 Å². The molecule has 1 N–H and O–H groups in total. The Morgan fingerprint density at radius 2 is 1.79 bits per heavy atom. The summed E-state index contributed by atoms with van der Waals surface area (Å²) in [7, 11) is 0. The molecule has 0 aliphatic carbocycles. The van der Waals surface area contributed by atoms with Crippen molar-refractivity contribution in [2.45, 2.75) is 6.18 Å². The molecule has 0 unspecified atom stereocenters. The zero-order valence-electron chi connectivity index (χ0n) is 11.7. The second-order valence-electron chi connectivity index (χ2n) is 4.88. The number of nitrogens with one attached hydrogen (secondary N) is 1. The molecule has 0 radical (unpaired) electrons. The second-order valence-corrected chi connectivity index (χ2v) is 6.75. The van der Waals surface area contributed by atoms with Crippen LogP contribution in [0.2, 0.25) is 10.0 Å². The molecule has 124 valence electrons. The molecule has 24 heavy (non-hydrogen) atoms. The van der Waals surface area contributed by atoms with E-state index in [9.17, 15) is 18.0 Å². The number of amides is 1. The van der Waals surface area contributed by atoms with Crippen LogP contribution in [-0.2, 0) is 6.18 Å². The molecule has 0 bridgehead atoms. The number of halogens is 5. The number of fused-ring (bicyclic) bond motifs is 1. The Balaban J connectivity index is 1.99. The molecule has 0 saturated carbocycles. The van der Waals surface area contributed by atoms with Gasteiger partial charge in [-0.05, 0) is 24.3 Å². The molecular formula is C16H8Cl2F3NOS. The Morgan fingerprint density at radius 3 is 2.46 bits per heavy atom. The zero-order chi connectivity index (χ0) is 17.5. The summed E-state index contributed by atoms with van der Waals surface area (Å²) in [5, 5.41) is 3.10. The van der Waals surface area contributed by atoms with Gasteiger partial charge in [0.1, 0.15) is 4.88 Å². The van der Waals surface area contributed by atoms with Crippen molar-refractivity contribution < 1.29 is 18.0 Å². The van der Waals surface area contributed by atoms with E-state index in [1.807, 2.05) is 0 Å². The molecule has 0 aliphatic rings. The lowest BCUT2D eigenvalue weighted by atomic mass is 10.1. The Morgan fingerprint density at radius 1 is 1.08 bits per heavy atom. The van der Waals surface area contributed by atoms with Crippen LogP contribution in [-0.4, -0.2) is 5.91 Å². The minimum absolute atomic E-state index is 0.0692. The van der Waals surface area contributed by atoms with Gasteiger partial charge in [-0.2, -0.15) is 13.2 Å². The van der Waals surface area contributed by atoms with E-state index in [0.29, 0.717) is 5.39 Å². The van der Waals surface area contributed by atoms with Crippen LogP contribution in [0.4, 0.5) is 18.9 Å². The molecule has 3 rings (SSSR count). The molecule has 1 heterocycles. The van der Waals surface area contributed by atoms with Gasteiger partial charge in [0, 0.05) is 15.1 Å². The number of anilines is 1. The van der Waals surface area contributed by atoms with Crippen LogP contribution in [0.5, 0.6) is 0 Å². The van der Waals surface area contributed by atoms with Gasteiger partial charge in [0.05, 0.1) is 16.3 Å². The smallest absolute Gasteiger partial charge is 0.321 e. The fraction of sp³-hybridized carbons (Fsp3) is 0.0625. The molecule has 8 heteroatoms. The maximum Gasteiger partial charge on any atom is 0.418 e. The first-order valence-electron chi connectivity index (χ1n) is 6.62. The molecule has 2 aromatic carbocycles. The van der Waals surface area contributed by atoms with Crippen molar-refractivity contribution in [1.82, 2.24) is 0 Å². The lowest BCUT2D eigenvalue weighted by Crippen LogP contribution is -2.16. The molecule has 1 aromatic heterocycles. The molecular weight excluding hydrogens is 382 g/mol. The van der Waals surface area contributed by atoms with Crippen LogP contribution < -0.4 is 5.32 Å². The van der Waals surface area contributed by atoms with E-state index in [1.54, 1.807) is 24.3 Å². The largest absolute Gasteiger partial charge is 0.418 e. The highest BCUT2D eigenvalue weighted by Crippen LogP contribution is 2.38. The van der Waals surface area contributed by atoms with Gasteiger partial charge >= 0.3 is 6.18 Å². The van der Waals surface area contributed by atoms with Gasteiger partial charge in [-0.1, -0.05) is 41.4 Å². The Kier molecular flexibility index (Phi) is 4.46. The fourth-order valence-electron chi connectivity index (χ4n) is 2.20. The van der Waals surface area contributed by atoms with Crippen molar-refractivity contribution in [2.24, 2.45) is 0 Å². The summed E-state index contributed by atoms with van der Waals surface area (Å²) in [5.74, 6) is -0.700. The summed E-state index contributed by atoms with van der Waals surface area (Å²) < 4.78 is 40.1. The van der Waals surface area contributed by atoms with Crippen LogP contribution in [0.15, 0.2) is 42.5 Å². The van der Waals surface area contributed by atoms with Crippen molar-refractivity contribution >= 4 is 56.2 Å². The number of alkyl halides is 3. The highest BCUT2D eigenvalue weighted by molar-refractivity contribution is 7.21. The molecule has 2 nitrogen and oxygen atoms in total. The Bertz CT molecular complexity index is 937. The number of rotatable bonds is 2. The highest BCUT2D eigenvalue weighted by atomic mass is 35.5. The van der Waals surface area contributed by atoms with Gasteiger partial charge in [0.25, 0.3) is 5.91 Å². The van der Waals surface area contributed by atoms with Crippen LogP contribution in [0.1, 0.15) is 15.2 Å². The summed E-state index contributed by atoms with van der Waals surface area (Å²) in [6, 6.07) is 10.2. The van der Waals surface area contributed by atoms with E-state index < -0.39 is 17.6 Å². The minimum atomic E-state index is -4.64. The Labute approximate surface area is 148 Å². The number of carbonyl (C=O) groups excluding carboxylic acids is 1. The maximum absolute atomic E-state index is 13.1. The molecule has 0 fully saturated rings. The standard InChI is InChI=1S/C16H8Cl2F3NOS/c17-8-5-6-11(10(7-8)16(19,20)21)22-15(23)14-13(18)9-3-1-2-4-12(9)24-14/h1-7H,(H,22,23). The number of benzene rings is 2. The number of hydrogen-bond donors (Lipinski definition) is 1. The first-order chi connectivity index (χ1) is 11.3. The summed E-state index contributed by atoms with van der Waals surface area (Å²) in [4.78, 5) is 12.5. The summed E-state index contributed by atoms with van der Waals surface area (Å²) in [6.07, 6.45) is -4.64. The average Bonchev–Trinajstić information content (AvgIpc) is 2.86. The predicted molar refractivity (Wildman–Crippen MR) is 91.2 cm³/mol. The fourth-order valence-corrected chi connectivity index (χ4v) is 3.78. The van der Waals surface area contributed by atoms with Gasteiger partial charge in [-0.25, -0.2) is 0 Å². The van der Waals surface area contributed by atoms with Crippen molar-refractivity contribution in [3.63, 3.8) is 0 Å². The third-order valence-electron chi connectivity index (χ3n) is 3.28. The number of hydrogen-bond acceptors (Lipinski definition) is 2.